The van der Waals surface area contributed by atoms with Crippen LogP contribution in [0.5, 0.6) is 0 Å². The van der Waals surface area contributed by atoms with E-state index in [9.17, 15) is 4.79 Å². The SMILES string of the molecule is O=C(O)c1ccc(CN2CCC3(CC2)OCCO3)cc1. The summed E-state index contributed by atoms with van der Waals surface area (Å²) in [4.78, 5) is 13.2. The lowest BCUT2D eigenvalue weighted by molar-refractivity contribution is -0.185. The van der Waals surface area contributed by atoms with Crippen LogP contribution in [0.25, 0.3) is 0 Å². The van der Waals surface area contributed by atoms with Gasteiger partial charge in [0, 0.05) is 32.5 Å². The standard InChI is InChI=1S/C15H19NO4/c17-14(18)13-3-1-12(2-4-13)11-16-7-5-15(6-8-16)19-9-10-20-15/h1-4H,5-11H2,(H,17,18). The van der Waals surface area contributed by atoms with E-state index >= 15 is 0 Å². The average molecular weight is 277 g/mol. The molecule has 2 aliphatic rings. The van der Waals surface area contributed by atoms with Gasteiger partial charge in [-0.3, -0.25) is 4.90 Å². The minimum atomic E-state index is -0.882. The second kappa shape index (κ2) is 5.52. The number of aromatic carboxylic acids is 1. The first kappa shape index (κ1) is 13.5. The van der Waals surface area contributed by atoms with Gasteiger partial charge in [-0.25, -0.2) is 4.79 Å². The number of carbonyl (C=O) groups is 1. The van der Waals surface area contributed by atoms with Gasteiger partial charge in [-0.2, -0.15) is 0 Å². The van der Waals surface area contributed by atoms with Crippen LogP contribution in [0.3, 0.4) is 0 Å². The van der Waals surface area contributed by atoms with Gasteiger partial charge in [0.15, 0.2) is 5.79 Å². The van der Waals surface area contributed by atoms with Crippen molar-refractivity contribution < 1.29 is 19.4 Å². The molecule has 2 aliphatic heterocycles. The highest BCUT2D eigenvalue weighted by Crippen LogP contribution is 2.31. The van der Waals surface area contributed by atoms with Gasteiger partial charge in [-0.1, -0.05) is 12.1 Å². The van der Waals surface area contributed by atoms with Gasteiger partial charge in [0.05, 0.1) is 18.8 Å². The fourth-order valence-electron chi connectivity index (χ4n) is 2.85. The van der Waals surface area contributed by atoms with E-state index in [1.165, 1.54) is 0 Å². The Hall–Kier alpha value is -1.43. The Bertz CT molecular complexity index is 469. The summed E-state index contributed by atoms with van der Waals surface area (Å²) in [6, 6.07) is 7.09. The monoisotopic (exact) mass is 277 g/mol. The lowest BCUT2D eigenvalue weighted by Crippen LogP contribution is -2.44. The van der Waals surface area contributed by atoms with E-state index in [1.54, 1.807) is 12.1 Å². The van der Waals surface area contributed by atoms with E-state index < -0.39 is 5.97 Å². The molecule has 0 aromatic heterocycles. The van der Waals surface area contributed by atoms with Crippen molar-refractivity contribution in [2.75, 3.05) is 26.3 Å². The molecule has 0 saturated carbocycles. The van der Waals surface area contributed by atoms with E-state index in [-0.39, 0.29) is 5.79 Å². The predicted molar refractivity (Wildman–Crippen MR) is 72.5 cm³/mol. The Labute approximate surface area is 118 Å². The maximum atomic E-state index is 10.8. The predicted octanol–water partition coefficient (Wildman–Crippen LogP) is 1.72. The molecule has 0 atom stereocenters. The molecule has 108 valence electrons. The number of carboxylic acids is 1. The molecule has 3 rings (SSSR count). The number of benzene rings is 1. The fourth-order valence-corrected chi connectivity index (χ4v) is 2.85. The van der Waals surface area contributed by atoms with Gasteiger partial charge in [-0.05, 0) is 17.7 Å². The number of piperidine rings is 1. The Morgan fingerprint density at radius 1 is 1.15 bits per heavy atom. The van der Waals surface area contributed by atoms with Crippen molar-refractivity contribution in [1.82, 2.24) is 4.90 Å². The summed E-state index contributed by atoms with van der Waals surface area (Å²) in [5.41, 5.74) is 1.47. The first-order valence-corrected chi connectivity index (χ1v) is 6.99. The number of nitrogens with zero attached hydrogens (tertiary/aromatic N) is 1. The van der Waals surface area contributed by atoms with Gasteiger partial charge in [0.25, 0.3) is 0 Å². The zero-order valence-electron chi connectivity index (χ0n) is 11.4. The number of carboxylic acid groups (broad SMARTS) is 1. The van der Waals surface area contributed by atoms with Crippen LogP contribution in [0, 0.1) is 0 Å². The van der Waals surface area contributed by atoms with E-state index in [2.05, 4.69) is 4.90 Å². The summed E-state index contributed by atoms with van der Waals surface area (Å²) in [5, 5.41) is 8.88. The van der Waals surface area contributed by atoms with Crippen LogP contribution >= 0.6 is 0 Å². The third-order valence-corrected chi connectivity index (χ3v) is 4.04. The lowest BCUT2D eigenvalue weighted by atomic mass is 10.0. The number of likely N-dealkylation sites (tertiary alicyclic amines) is 1. The lowest BCUT2D eigenvalue weighted by Gasteiger charge is -2.37. The van der Waals surface area contributed by atoms with E-state index in [1.807, 2.05) is 12.1 Å². The summed E-state index contributed by atoms with van der Waals surface area (Å²) in [5.74, 6) is -1.21. The van der Waals surface area contributed by atoms with Crippen LogP contribution in [-0.4, -0.2) is 48.1 Å². The number of hydrogen-bond donors (Lipinski definition) is 1. The van der Waals surface area contributed by atoms with Crippen molar-refractivity contribution in [3.63, 3.8) is 0 Å². The zero-order chi connectivity index (χ0) is 14.0. The van der Waals surface area contributed by atoms with Crippen LogP contribution in [0.15, 0.2) is 24.3 Å². The third kappa shape index (κ3) is 2.85. The van der Waals surface area contributed by atoms with Crippen LogP contribution in [0.2, 0.25) is 0 Å². The topological polar surface area (TPSA) is 59.0 Å². The molecule has 2 saturated heterocycles. The molecule has 1 spiro atoms. The van der Waals surface area contributed by atoms with Crippen molar-refractivity contribution in [2.45, 2.75) is 25.2 Å². The molecule has 0 radical (unpaired) electrons. The molecule has 1 aromatic rings. The molecule has 5 heteroatoms. The van der Waals surface area contributed by atoms with Crippen molar-refractivity contribution in [3.05, 3.63) is 35.4 Å². The summed E-state index contributed by atoms with van der Waals surface area (Å²) >= 11 is 0. The van der Waals surface area contributed by atoms with E-state index in [0.717, 1.165) is 38.0 Å². The maximum absolute atomic E-state index is 10.8. The van der Waals surface area contributed by atoms with Crippen LogP contribution < -0.4 is 0 Å². The van der Waals surface area contributed by atoms with Crippen LogP contribution in [0.4, 0.5) is 0 Å². The molecule has 0 unspecified atom stereocenters. The maximum Gasteiger partial charge on any atom is 0.335 e. The van der Waals surface area contributed by atoms with Crippen molar-refractivity contribution in [2.24, 2.45) is 0 Å². The van der Waals surface area contributed by atoms with Crippen molar-refractivity contribution in [1.29, 1.82) is 0 Å². The Balaban J connectivity index is 1.55. The highest BCUT2D eigenvalue weighted by Gasteiger charge is 2.39. The second-order valence-electron chi connectivity index (χ2n) is 5.39. The highest BCUT2D eigenvalue weighted by atomic mass is 16.7. The molecule has 0 bridgehead atoms. The molecule has 0 amide bonds. The average Bonchev–Trinajstić information content (AvgIpc) is 2.91. The van der Waals surface area contributed by atoms with Crippen LogP contribution in [-0.2, 0) is 16.0 Å². The first-order chi connectivity index (χ1) is 9.67. The van der Waals surface area contributed by atoms with E-state index in [0.29, 0.717) is 18.8 Å². The van der Waals surface area contributed by atoms with Gasteiger partial charge < -0.3 is 14.6 Å². The van der Waals surface area contributed by atoms with E-state index in [4.69, 9.17) is 14.6 Å². The van der Waals surface area contributed by atoms with Gasteiger partial charge in [0.2, 0.25) is 0 Å². The Kier molecular flexibility index (Phi) is 3.74. The van der Waals surface area contributed by atoms with Gasteiger partial charge in [-0.15, -0.1) is 0 Å². The summed E-state index contributed by atoms with van der Waals surface area (Å²) in [6.07, 6.45) is 1.81. The van der Waals surface area contributed by atoms with Gasteiger partial charge >= 0.3 is 5.97 Å². The Morgan fingerprint density at radius 2 is 1.75 bits per heavy atom. The molecule has 20 heavy (non-hydrogen) atoms. The first-order valence-electron chi connectivity index (χ1n) is 6.99. The molecule has 2 fully saturated rings. The molecular weight excluding hydrogens is 258 g/mol. The second-order valence-corrected chi connectivity index (χ2v) is 5.39. The smallest absolute Gasteiger partial charge is 0.335 e. The van der Waals surface area contributed by atoms with Crippen molar-refractivity contribution in [3.8, 4) is 0 Å². The minimum Gasteiger partial charge on any atom is -0.478 e. The Morgan fingerprint density at radius 3 is 2.30 bits per heavy atom. The molecule has 2 heterocycles. The molecule has 1 N–H and O–H groups in total. The number of ether oxygens (including phenoxy) is 2. The number of hydrogen-bond acceptors (Lipinski definition) is 4. The minimum absolute atomic E-state index is 0.330. The third-order valence-electron chi connectivity index (χ3n) is 4.04. The summed E-state index contributed by atoms with van der Waals surface area (Å²) < 4.78 is 11.4. The molecular formula is C15H19NO4. The highest BCUT2D eigenvalue weighted by molar-refractivity contribution is 5.87. The quantitative estimate of drug-likeness (QED) is 0.911. The zero-order valence-corrected chi connectivity index (χ0v) is 11.4. The van der Waals surface area contributed by atoms with Crippen LogP contribution in [0.1, 0.15) is 28.8 Å². The molecule has 0 aliphatic carbocycles. The molecule has 5 nitrogen and oxygen atoms in total. The normalized spacial score (nSPS) is 22.2. The molecule has 1 aromatic carbocycles. The van der Waals surface area contributed by atoms with Gasteiger partial charge in [0.1, 0.15) is 0 Å². The fraction of sp³-hybridized carbons (Fsp3) is 0.533. The van der Waals surface area contributed by atoms with Crippen molar-refractivity contribution >= 4 is 5.97 Å². The summed E-state index contributed by atoms with van der Waals surface area (Å²) in [6.45, 7) is 4.14. The largest absolute Gasteiger partial charge is 0.478 e. The number of rotatable bonds is 3. The summed E-state index contributed by atoms with van der Waals surface area (Å²) in [7, 11) is 0.